The predicted molar refractivity (Wildman–Crippen MR) is 73.6 cm³/mol. The lowest BCUT2D eigenvalue weighted by molar-refractivity contribution is 0.273. The quantitative estimate of drug-likeness (QED) is 0.852. The number of pyridine rings is 1. The molecular formula is C14H22N4. The van der Waals surface area contributed by atoms with E-state index in [9.17, 15) is 0 Å². The SMILES string of the molecule is NCc1cc(N2CCCN3CCCC3C2)ccn1. The van der Waals surface area contributed by atoms with Crippen molar-refractivity contribution in [2.24, 2.45) is 5.73 Å². The van der Waals surface area contributed by atoms with E-state index in [0.717, 1.165) is 24.8 Å². The summed E-state index contributed by atoms with van der Waals surface area (Å²) in [7, 11) is 0. The van der Waals surface area contributed by atoms with E-state index in [0.29, 0.717) is 6.54 Å². The molecule has 2 fully saturated rings. The van der Waals surface area contributed by atoms with Crippen LogP contribution in [0.4, 0.5) is 5.69 Å². The number of aromatic nitrogens is 1. The van der Waals surface area contributed by atoms with Gasteiger partial charge in [-0.2, -0.15) is 0 Å². The van der Waals surface area contributed by atoms with Crippen LogP contribution in [0.15, 0.2) is 18.3 Å². The lowest BCUT2D eigenvalue weighted by Crippen LogP contribution is -2.36. The maximum absolute atomic E-state index is 5.68. The summed E-state index contributed by atoms with van der Waals surface area (Å²) in [6, 6.07) is 5.01. The zero-order valence-corrected chi connectivity index (χ0v) is 10.9. The zero-order chi connectivity index (χ0) is 12.4. The summed E-state index contributed by atoms with van der Waals surface area (Å²) < 4.78 is 0. The highest BCUT2D eigenvalue weighted by molar-refractivity contribution is 5.47. The fourth-order valence-corrected chi connectivity index (χ4v) is 3.21. The fraction of sp³-hybridized carbons (Fsp3) is 0.643. The molecular weight excluding hydrogens is 224 g/mol. The highest BCUT2D eigenvalue weighted by atomic mass is 15.3. The third-order valence-electron chi connectivity index (χ3n) is 4.18. The van der Waals surface area contributed by atoms with E-state index in [2.05, 4.69) is 26.9 Å². The van der Waals surface area contributed by atoms with Gasteiger partial charge in [-0.1, -0.05) is 0 Å². The van der Waals surface area contributed by atoms with E-state index >= 15 is 0 Å². The van der Waals surface area contributed by atoms with Crippen LogP contribution in [-0.4, -0.2) is 42.1 Å². The molecule has 3 rings (SSSR count). The van der Waals surface area contributed by atoms with Crippen molar-refractivity contribution in [3.8, 4) is 0 Å². The van der Waals surface area contributed by atoms with Gasteiger partial charge in [0, 0.05) is 44.1 Å². The van der Waals surface area contributed by atoms with Gasteiger partial charge in [0.25, 0.3) is 0 Å². The van der Waals surface area contributed by atoms with E-state index in [1.807, 2.05) is 6.20 Å². The predicted octanol–water partition coefficient (Wildman–Crippen LogP) is 1.21. The molecule has 4 heteroatoms. The molecule has 0 saturated carbocycles. The summed E-state index contributed by atoms with van der Waals surface area (Å²) in [5.74, 6) is 0. The highest BCUT2D eigenvalue weighted by Crippen LogP contribution is 2.25. The van der Waals surface area contributed by atoms with E-state index in [1.54, 1.807) is 0 Å². The first-order chi connectivity index (χ1) is 8.86. The van der Waals surface area contributed by atoms with Gasteiger partial charge in [-0.05, 0) is 37.9 Å². The lowest BCUT2D eigenvalue weighted by atomic mass is 10.2. The maximum atomic E-state index is 5.68. The molecule has 4 nitrogen and oxygen atoms in total. The number of fused-ring (bicyclic) bond motifs is 1. The number of nitrogens with zero attached hydrogens (tertiary/aromatic N) is 3. The molecule has 0 aromatic carbocycles. The Morgan fingerprint density at radius 2 is 2.17 bits per heavy atom. The van der Waals surface area contributed by atoms with Gasteiger partial charge in [0.2, 0.25) is 0 Å². The van der Waals surface area contributed by atoms with Crippen LogP contribution in [0.3, 0.4) is 0 Å². The highest BCUT2D eigenvalue weighted by Gasteiger charge is 2.28. The third kappa shape index (κ3) is 2.35. The standard InChI is InChI=1S/C14H22N4/c15-10-12-9-13(4-5-16-12)18-8-2-7-17-6-1-3-14(17)11-18/h4-5,9,14H,1-3,6-8,10-11,15H2. The van der Waals surface area contributed by atoms with Crippen molar-refractivity contribution in [2.45, 2.75) is 31.8 Å². The fourth-order valence-electron chi connectivity index (χ4n) is 3.21. The minimum Gasteiger partial charge on any atom is -0.370 e. The van der Waals surface area contributed by atoms with Crippen LogP contribution in [-0.2, 0) is 6.54 Å². The molecule has 0 aliphatic carbocycles. The van der Waals surface area contributed by atoms with E-state index < -0.39 is 0 Å². The molecule has 0 bridgehead atoms. The average molecular weight is 246 g/mol. The Kier molecular flexibility index (Phi) is 3.48. The van der Waals surface area contributed by atoms with Crippen molar-refractivity contribution in [3.05, 3.63) is 24.0 Å². The largest absolute Gasteiger partial charge is 0.370 e. The first-order valence-corrected chi connectivity index (χ1v) is 7.01. The van der Waals surface area contributed by atoms with Gasteiger partial charge >= 0.3 is 0 Å². The second-order valence-corrected chi connectivity index (χ2v) is 5.34. The Hall–Kier alpha value is -1.13. The van der Waals surface area contributed by atoms with Gasteiger partial charge in [0.1, 0.15) is 0 Å². The molecule has 2 saturated heterocycles. The van der Waals surface area contributed by atoms with E-state index in [4.69, 9.17) is 5.73 Å². The van der Waals surface area contributed by atoms with Crippen LogP contribution in [0.1, 0.15) is 25.0 Å². The summed E-state index contributed by atoms with van der Waals surface area (Å²) in [5, 5.41) is 0. The van der Waals surface area contributed by atoms with Crippen LogP contribution >= 0.6 is 0 Å². The van der Waals surface area contributed by atoms with Crippen LogP contribution < -0.4 is 10.6 Å². The molecule has 1 aromatic rings. The molecule has 1 aromatic heterocycles. The molecule has 1 unspecified atom stereocenters. The Labute approximate surface area is 109 Å². The number of rotatable bonds is 2. The van der Waals surface area contributed by atoms with Crippen molar-refractivity contribution in [1.29, 1.82) is 0 Å². The Bertz CT molecular complexity index is 407. The van der Waals surface area contributed by atoms with Crippen LogP contribution in [0.2, 0.25) is 0 Å². The van der Waals surface area contributed by atoms with Gasteiger partial charge in [-0.25, -0.2) is 0 Å². The van der Waals surface area contributed by atoms with Gasteiger partial charge in [-0.3, -0.25) is 9.88 Å². The molecule has 2 N–H and O–H groups in total. The first-order valence-electron chi connectivity index (χ1n) is 7.01. The minimum absolute atomic E-state index is 0.525. The topological polar surface area (TPSA) is 45.4 Å². The smallest absolute Gasteiger partial charge is 0.0560 e. The number of hydrogen-bond acceptors (Lipinski definition) is 4. The summed E-state index contributed by atoms with van der Waals surface area (Å²) >= 11 is 0. The Morgan fingerprint density at radius 3 is 3.06 bits per heavy atom. The molecule has 0 spiro atoms. The molecule has 18 heavy (non-hydrogen) atoms. The molecule has 98 valence electrons. The monoisotopic (exact) mass is 246 g/mol. The summed E-state index contributed by atoms with van der Waals surface area (Å²) in [6.45, 7) is 5.39. The summed E-state index contributed by atoms with van der Waals surface area (Å²) in [4.78, 5) is 9.45. The molecule has 0 amide bonds. The molecule has 3 heterocycles. The third-order valence-corrected chi connectivity index (χ3v) is 4.18. The second kappa shape index (κ2) is 5.24. The van der Waals surface area contributed by atoms with Crippen molar-refractivity contribution in [3.63, 3.8) is 0 Å². The molecule has 1 atom stereocenters. The van der Waals surface area contributed by atoms with Crippen LogP contribution in [0.5, 0.6) is 0 Å². The summed E-state index contributed by atoms with van der Waals surface area (Å²) in [6.07, 6.45) is 5.86. The first kappa shape index (κ1) is 11.9. The number of nitrogens with two attached hydrogens (primary N) is 1. The second-order valence-electron chi connectivity index (χ2n) is 5.34. The van der Waals surface area contributed by atoms with Gasteiger partial charge in [0.05, 0.1) is 5.69 Å². The zero-order valence-electron chi connectivity index (χ0n) is 10.9. The van der Waals surface area contributed by atoms with Crippen molar-refractivity contribution in [2.75, 3.05) is 31.1 Å². The molecule has 2 aliphatic heterocycles. The Balaban J connectivity index is 1.78. The lowest BCUT2D eigenvalue weighted by Gasteiger charge is -2.27. The van der Waals surface area contributed by atoms with Crippen molar-refractivity contribution >= 4 is 5.69 Å². The van der Waals surface area contributed by atoms with Gasteiger partial charge < -0.3 is 10.6 Å². The molecule has 2 aliphatic rings. The minimum atomic E-state index is 0.525. The van der Waals surface area contributed by atoms with Gasteiger partial charge in [-0.15, -0.1) is 0 Å². The number of anilines is 1. The van der Waals surface area contributed by atoms with E-state index in [-0.39, 0.29) is 0 Å². The maximum Gasteiger partial charge on any atom is 0.0560 e. The Morgan fingerprint density at radius 1 is 1.28 bits per heavy atom. The van der Waals surface area contributed by atoms with E-state index in [1.165, 1.54) is 38.0 Å². The van der Waals surface area contributed by atoms with Crippen molar-refractivity contribution in [1.82, 2.24) is 9.88 Å². The summed E-state index contributed by atoms with van der Waals surface area (Å²) in [5.41, 5.74) is 7.95. The molecule has 0 radical (unpaired) electrons. The normalized spacial score (nSPS) is 24.9. The van der Waals surface area contributed by atoms with Gasteiger partial charge in [0.15, 0.2) is 0 Å². The van der Waals surface area contributed by atoms with Crippen molar-refractivity contribution < 1.29 is 0 Å². The van der Waals surface area contributed by atoms with Crippen LogP contribution in [0.25, 0.3) is 0 Å². The average Bonchev–Trinajstić information content (AvgIpc) is 2.76. The van der Waals surface area contributed by atoms with Crippen LogP contribution in [0, 0.1) is 0 Å². The number of hydrogen-bond donors (Lipinski definition) is 1.